The molecule has 0 spiro atoms. The van der Waals surface area contributed by atoms with Crippen LogP contribution in [0.5, 0.6) is 0 Å². The van der Waals surface area contributed by atoms with Gasteiger partial charge in [0.1, 0.15) is 0 Å². The van der Waals surface area contributed by atoms with E-state index in [0.717, 1.165) is 65.1 Å². The molecule has 2 heterocycles. The third-order valence-electron chi connectivity index (χ3n) is 14.0. The van der Waals surface area contributed by atoms with Gasteiger partial charge in [-0.25, -0.2) is 0 Å². The van der Waals surface area contributed by atoms with E-state index in [1.807, 2.05) is 0 Å². The molecule has 0 unspecified atom stereocenters. The van der Waals surface area contributed by atoms with Crippen LogP contribution in [-0.4, -0.2) is 105 Å². The van der Waals surface area contributed by atoms with E-state index in [9.17, 15) is 0 Å². The molecule has 2 saturated heterocycles. The molecule has 6 aromatic carbocycles. The minimum Gasteiger partial charge on any atom is -1.00 e. The SMILES string of the molecule is C1CCOC1.C1CCOC1.CO.CO.C[Si](C)(C)c1cccc(P(c2cccc([Si](C)(C)C)c2[S-])c2cccc([Si](C)(C)C)c2S[S-])c1[S-].C[Si](C)(C)c1cccc(P(c2cccc([Si](C)(C)C)c2[S-])c2cccc([Si](C)(C)C)c2[S-])c1[S-].O.[S-][S-].[V+4].[V+4]. The van der Waals surface area contributed by atoms with Crippen LogP contribution in [0.4, 0.5) is 0 Å². The van der Waals surface area contributed by atoms with E-state index in [0.29, 0.717) is 0 Å². The van der Waals surface area contributed by atoms with E-state index in [1.54, 1.807) is 0 Å². The van der Waals surface area contributed by atoms with Gasteiger partial charge in [0.25, 0.3) is 0 Å². The number of benzene rings is 6. The first-order valence-corrected chi connectivity index (χ1v) is 57.7. The summed E-state index contributed by atoms with van der Waals surface area (Å²) in [6.07, 6.45) is 5.11. The van der Waals surface area contributed by atoms with Gasteiger partial charge in [0.05, 0.1) is 48.4 Å². The molecule has 5 nitrogen and oxygen atoms in total. The topological polar surface area (TPSA) is 90.4 Å². The van der Waals surface area contributed by atoms with Crippen molar-refractivity contribution in [3.05, 3.63) is 109 Å². The Balaban J connectivity index is 0. The maximum Gasteiger partial charge on any atom is 4.00 e. The van der Waals surface area contributed by atoms with Crippen LogP contribution in [0, 0.1) is 0 Å². The number of ether oxygens (including phenoxy) is 2. The van der Waals surface area contributed by atoms with Crippen molar-refractivity contribution in [3.8, 4) is 0 Å². The fourth-order valence-corrected chi connectivity index (χ4v) is 33.0. The molecule has 0 saturated carbocycles. The molecule has 6 aromatic rings. The average Bonchev–Trinajstić information content (AvgIpc) is 1.11. The van der Waals surface area contributed by atoms with Gasteiger partial charge in [0.15, 0.2) is 0 Å². The van der Waals surface area contributed by atoms with E-state index in [2.05, 4.69) is 250 Å². The van der Waals surface area contributed by atoms with Gasteiger partial charge >= 0.3 is 37.1 Å². The fourth-order valence-electron chi connectivity index (χ4n) is 9.64. The van der Waals surface area contributed by atoms with Crippen molar-refractivity contribution in [2.24, 2.45) is 0 Å². The minimum atomic E-state index is -1.61. The van der Waals surface area contributed by atoms with Crippen molar-refractivity contribution in [1.29, 1.82) is 0 Å². The molecule has 0 atom stereocenters. The van der Waals surface area contributed by atoms with Gasteiger partial charge in [-0.05, 0) is 83.4 Å². The molecular weight excluding hydrogens is 1470 g/mol. The second kappa shape index (κ2) is 41.9. The third-order valence-corrected chi connectivity index (χ3v) is 36.6. The normalized spacial score (nSPS) is 13.0. The number of hydrogen-bond acceptors (Lipinski definition) is 13. The molecule has 88 heavy (non-hydrogen) atoms. The Bertz CT molecular complexity index is 2800. The zero-order valence-electron chi connectivity index (χ0n) is 55.7. The van der Waals surface area contributed by atoms with E-state index in [1.165, 1.54) is 104 Å². The zero-order valence-corrected chi connectivity index (χ0v) is 73.7. The third kappa shape index (κ3) is 26.1. The molecule has 0 amide bonds. The number of rotatable bonds is 13. The standard InChI is InChI=1S/C27H39PS4Si3.C27H39PS3Si3.2C4H8O.2CH4O.H2O.S2.2V/c1-33(2,3)22-16-10-13-19(25(22)29)28(20-14-11-17-23(26(20)30)34(4,5)6)21-15-12-18-24(27(21)32-31)35(7,8)9;1-32(2,3)22-16-10-13-19(25(22)29)28(20-14-11-17-23(26(20)30)33(4,5)6)21-15-12-18-24(27(21)31)34(7,8)9;2*1-2-4-5-3-1;2*1-2;;1-2;;/h10-18,29-31H,1-9H3;10-18,29-31H,1-9H3;2*1-4H2;2*2H,1H3;1H2;;;/q;;;;;;;-2;2*+4/p-6. The van der Waals surface area contributed by atoms with Gasteiger partial charge in [-0.1, -0.05) is 253 Å². The van der Waals surface area contributed by atoms with Gasteiger partial charge in [0, 0.05) is 40.6 Å². The Morgan fingerprint density at radius 3 is 0.659 bits per heavy atom. The summed E-state index contributed by atoms with van der Waals surface area (Å²) in [6.45, 7) is 46.8. The first-order chi connectivity index (χ1) is 39.6. The van der Waals surface area contributed by atoms with Crippen molar-refractivity contribution < 1.29 is 62.3 Å². The second-order valence-corrected chi connectivity index (χ2v) is 64.4. The summed E-state index contributed by atoms with van der Waals surface area (Å²) in [7, 11) is -8.01. The smallest absolute Gasteiger partial charge is 1.00 e. The predicted molar refractivity (Wildman–Crippen MR) is 424 cm³/mol. The van der Waals surface area contributed by atoms with Gasteiger partial charge in [0.2, 0.25) is 0 Å². The molecule has 8 rings (SSSR count). The van der Waals surface area contributed by atoms with Crippen molar-refractivity contribution in [1.82, 2.24) is 0 Å². The zero-order chi connectivity index (χ0) is 65.1. The Labute approximate surface area is 614 Å². The second-order valence-electron chi connectivity index (χ2n) is 26.8. The largest absolute Gasteiger partial charge is 4.00 e. The molecule has 2 fully saturated rings. The summed E-state index contributed by atoms with van der Waals surface area (Å²) in [5, 5.41) is 29.8. The van der Waals surface area contributed by atoms with Crippen LogP contribution in [0.15, 0.2) is 139 Å². The quantitative estimate of drug-likeness (QED) is 0.0498. The predicted octanol–water partition coefficient (Wildman–Crippen LogP) is 10.2. The Morgan fingerprint density at radius 1 is 0.330 bits per heavy atom. The van der Waals surface area contributed by atoms with Crippen LogP contribution < -0.4 is 62.9 Å². The van der Waals surface area contributed by atoms with E-state index < -0.39 is 64.3 Å². The minimum absolute atomic E-state index is 0. The molecule has 2 radical (unpaired) electrons. The number of hydrogen-bond donors (Lipinski definition) is 2. The molecule has 0 aromatic heterocycles. The fraction of sp³-hybridized carbons (Fsp3) is 0.438. The maximum atomic E-state index is 7.00. The first-order valence-electron chi connectivity index (χ1n) is 28.9. The molecule has 0 aliphatic carbocycles. The Kier molecular flexibility index (Phi) is 43.3. The van der Waals surface area contributed by atoms with Gasteiger partial charge in [-0.15, -0.1) is 0 Å². The molecule has 482 valence electrons. The number of aliphatic hydroxyl groups excluding tert-OH is 2. The van der Waals surface area contributed by atoms with Crippen LogP contribution in [0.2, 0.25) is 118 Å². The molecule has 2 aliphatic rings. The van der Waals surface area contributed by atoms with Crippen LogP contribution in [0.1, 0.15) is 25.7 Å². The first kappa shape index (κ1) is 91.0. The molecule has 24 heteroatoms. The monoisotopic (exact) mass is 1570 g/mol. The molecule has 0 bridgehead atoms. The van der Waals surface area contributed by atoms with E-state index in [4.69, 9.17) is 94.5 Å². The van der Waals surface area contributed by atoms with Crippen LogP contribution in [0.25, 0.3) is 0 Å². The van der Waals surface area contributed by atoms with Crippen LogP contribution in [0.3, 0.4) is 0 Å². The van der Waals surface area contributed by atoms with Crippen molar-refractivity contribution in [2.75, 3.05) is 40.6 Å². The number of aliphatic hydroxyl groups is 2. The Hall–Kier alpha value is 0.950. The van der Waals surface area contributed by atoms with Crippen molar-refractivity contribution >= 4 is 236 Å². The summed E-state index contributed by atoms with van der Waals surface area (Å²) in [5.74, 6) is 0. The van der Waals surface area contributed by atoms with Gasteiger partial charge in [-0.3, -0.25) is 10.8 Å². The van der Waals surface area contributed by atoms with Crippen LogP contribution in [-0.2, 0) is 145 Å². The van der Waals surface area contributed by atoms with Crippen LogP contribution >= 0.6 is 26.6 Å². The van der Waals surface area contributed by atoms with E-state index in [-0.39, 0.29) is 42.6 Å². The summed E-state index contributed by atoms with van der Waals surface area (Å²) in [5.41, 5.74) is 0. The average molecular weight is 1570 g/mol. The molecule has 2 aliphatic heterocycles. The van der Waals surface area contributed by atoms with Crippen molar-refractivity contribution in [2.45, 2.75) is 173 Å². The summed E-state index contributed by atoms with van der Waals surface area (Å²) < 4.78 is 9.89. The Morgan fingerprint density at radius 2 is 0.500 bits per heavy atom. The molecule has 4 N–H and O–H groups in total. The van der Waals surface area contributed by atoms with Gasteiger partial charge in [-0.2, -0.15) is 24.5 Å². The summed E-state index contributed by atoms with van der Waals surface area (Å²) in [4.78, 5) is 6.39. The van der Waals surface area contributed by atoms with Crippen molar-refractivity contribution in [3.63, 3.8) is 0 Å². The van der Waals surface area contributed by atoms with Gasteiger partial charge < -0.3 is 123 Å². The summed E-state index contributed by atoms with van der Waals surface area (Å²) >= 11 is 44.2. The maximum absolute atomic E-state index is 7.00. The summed E-state index contributed by atoms with van der Waals surface area (Å²) in [6, 6.07) is 40.3. The molecular formula is C64H98O5P2S9Si6V2. The van der Waals surface area contributed by atoms with E-state index >= 15 is 0 Å².